The summed E-state index contributed by atoms with van der Waals surface area (Å²) in [7, 11) is 3.85. The first kappa shape index (κ1) is 8.60. The van der Waals surface area contributed by atoms with Gasteiger partial charge in [-0.3, -0.25) is 0 Å². The molecule has 0 unspecified atom stereocenters. The highest BCUT2D eigenvalue weighted by atomic mass is 15.4. The molecule has 1 heterocycles. The van der Waals surface area contributed by atoms with Crippen molar-refractivity contribution < 1.29 is 0 Å². The molecule has 0 spiro atoms. The van der Waals surface area contributed by atoms with Crippen molar-refractivity contribution in [2.24, 2.45) is 7.05 Å². The van der Waals surface area contributed by atoms with Crippen LogP contribution < -0.4 is 4.90 Å². The Labute approximate surface area is 72.2 Å². The maximum Gasteiger partial charge on any atom is 0.227 e. The molecule has 4 nitrogen and oxygen atoms in total. The van der Waals surface area contributed by atoms with Crippen molar-refractivity contribution >= 4 is 5.95 Å². The zero-order valence-corrected chi connectivity index (χ0v) is 7.57. The van der Waals surface area contributed by atoms with Crippen molar-refractivity contribution in [2.75, 3.05) is 18.5 Å². The molecule has 0 aliphatic heterocycles. The van der Waals surface area contributed by atoms with Crippen molar-refractivity contribution in [1.82, 2.24) is 14.8 Å². The lowest BCUT2D eigenvalue weighted by Crippen LogP contribution is -2.20. The molecule has 0 aliphatic rings. The van der Waals surface area contributed by atoms with Gasteiger partial charge in [-0.05, 0) is 6.92 Å². The molecule has 1 aromatic rings. The van der Waals surface area contributed by atoms with Gasteiger partial charge in [-0.15, -0.1) is 16.1 Å². The first-order valence-corrected chi connectivity index (χ1v) is 3.70. The van der Waals surface area contributed by atoms with E-state index in [1.165, 1.54) is 0 Å². The number of aromatic nitrogens is 3. The van der Waals surface area contributed by atoms with Crippen LogP contribution in [0.3, 0.4) is 0 Å². The van der Waals surface area contributed by atoms with E-state index < -0.39 is 0 Å². The normalized spacial score (nSPS) is 8.92. The minimum Gasteiger partial charge on any atom is -0.333 e. The molecule has 0 amide bonds. The minimum atomic E-state index is 0.684. The third kappa shape index (κ3) is 1.76. The average Bonchev–Trinajstić information content (AvgIpc) is 2.47. The molecule has 0 N–H and O–H groups in total. The Balaban J connectivity index is 2.68. The summed E-state index contributed by atoms with van der Waals surface area (Å²) >= 11 is 0. The van der Waals surface area contributed by atoms with Gasteiger partial charge >= 0.3 is 0 Å². The van der Waals surface area contributed by atoms with Gasteiger partial charge in [0.1, 0.15) is 6.33 Å². The maximum absolute atomic E-state index is 3.94. The van der Waals surface area contributed by atoms with Crippen molar-refractivity contribution in [2.45, 2.75) is 6.92 Å². The predicted octanol–water partition coefficient (Wildman–Crippen LogP) is 0.275. The van der Waals surface area contributed by atoms with Crippen molar-refractivity contribution in [3.8, 4) is 11.8 Å². The molecule has 0 saturated carbocycles. The van der Waals surface area contributed by atoms with Crippen LogP contribution in [-0.2, 0) is 7.05 Å². The van der Waals surface area contributed by atoms with Gasteiger partial charge in [0.05, 0.1) is 6.54 Å². The molecule has 0 radical (unpaired) electrons. The first-order valence-electron chi connectivity index (χ1n) is 3.70. The number of anilines is 1. The van der Waals surface area contributed by atoms with Gasteiger partial charge in [-0.25, -0.2) is 0 Å². The summed E-state index contributed by atoms with van der Waals surface area (Å²) in [6.07, 6.45) is 1.67. The zero-order valence-electron chi connectivity index (χ0n) is 7.57. The lowest BCUT2D eigenvalue weighted by molar-refractivity contribution is 0.849. The fraction of sp³-hybridized carbons (Fsp3) is 0.500. The average molecular weight is 164 g/mol. The van der Waals surface area contributed by atoms with Crippen LogP contribution in [0.1, 0.15) is 6.92 Å². The van der Waals surface area contributed by atoms with Gasteiger partial charge in [0.25, 0.3) is 0 Å². The highest BCUT2D eigenvalue weighted by Crippen LogP contribution is 2.03. The molecule has 0 aromatic carbocycles. The van der Waals surface area contributed by atoms with E-state index in [1.54, 1.807) is 6.33 Å². The van der Waals surface area contributed by atoms with E-state index in [-0.39, 0.29) is 0 Å². The molecule has 0 atom stereocenters. The van der Waals surface area contributed by atoms with E-state index in [0.29, 0.717) is 6.54 Å². The Hall–Kier alpha value is -1.50. The smallest absolute Gasteiger partial charge is 0.227 e. The number of rotatable bonds is 2. The Bertz CT molecular complexity index is 304. The lowest BCUT2D eigenvalue weighted by atomic mass is 10.5. The number of nitrogens with zero attached hydrogens (tertiary/aromatic N) is 4. The monoisotopic (exact) mass is 164 g/mol. The number of hydrogen-bond donors (Lipinski definition) is 0. The lowest BCUT2D eigenvalue weighted by Gasteiger charge is -2.12. The van der Waals surface area contributed by atoms with E-state index in [9.17, 15) is 0 Å². The summed E-state index contributed by atoms with van der Waals surface area (Å²) in [6.45, 7) is 2.51. The Morgan fingerprint density at radius 3 is 2.92 bits per heavy atom. The van der Waals surface area contributed by atoms with Crippen LogP contribution in [0.5, 0.6) is 0 Å². The zero-order chi connectivity index (χ0) is 8.97. The van der Waals surface area contributed by atoms with Crippen LogP contribution >= 0.6 is 0 Å². The highest BCUT2D eigenvalue weighted by Gasteiger charge is 2.03. The predicted molar refractivity (Wildman–Crippen MR) is 47.7 cm³/mol. The van der Waals surface area contributed by atoms with Gasteiger partial charge in [0.15, 0.2) is 0 Å². The van der Waals surface area contributed by atoms with Crippen LogP contribution in [0, 0.1) is 11.8 Å². The molecular formula is C8H12N4. The SMILES string of the molecule is CC#CCN(C)c1nncn1C. The van der Waals surface area contributed by atoms with Gasteiger partial charge in [-0.2, -0.15) is 0 Å². The number of aryl methyl sites for hydroxylation is 1. The second-order valence-electron chi connectivity index (χ2n) is 2.52. The molecule has 12 heavy (non-hydrogen) atoms. The van der Waals surface area contributed by atoms with E-state index in [2.05, 4.69) is 22.0 Å². The van der Waals surface area contributed by atoms with Crippen LogP contribution in [0.2, 0.25) is 0 Å². The van der Waals surface area contributed by atoms with Crippen LogP contribution in [0.4, 0.5) is 5.95 Å². The van der Waals surface area contributed by atoms with Gasteiger partial charge in [0.2, 0.25) is 5.95 Å². The molecule has 1 aromatic heterocycles. The Kier molecular flexibility index (Phi) is 2.70. The van der Waals surface area contributed by atoms with Crippen LogP contribution in [-0.4, -0.2) is 28.4 Å². The summed E-state index contributed by atoms with van der Waals surface area (Å²) < 4.78 is 1.86. The van der Waals surface area contributed by atoms with Crippen LogP contribution in [0.25, 0.3) is 0 Å². The van der Waals surface area contributed by atoms with Gasteiger partial charge in [-0.1, -0.05) is 5.92 Å². The summed E-state index contributed by atoms with van der Waals surface area (Å²) in [5.74, 6) is 6.62. The van der Waals surface area contributed by atoms with Crippen LogP contribution in [0.15, 0.2) is 6.33 Å². The fourth-order valence-electron chi connectivity index (χ4n) is 0.891. The molecule has 64 valence electrons. The van der Waals surface area contributed by atoms with Gasteiger partial charge in [0, 0.05) is 14.1 Å². The Morgan fingerprint density at radius 1 is 1.67 bits per heavy atom. The van der Waals surface area contributed by atoms with E-state index >= 15 is 0 Å². The summed E-state index contributed by atoms with van der Waals surface area (Å²) in [5.41, 5.74) is 0. The molecule has 0 saturated heterocycles. The third-order valence-corrected chi connectivity index (χ3v) is 1.52. The van der Waals surface area contributed by atoms with E-state index in [4.69, 9.17) is 0 Å². The van der Waals surface area contributed by atoms with E-state index in [0.717, 1.165) is 5.95 Å². The first-order chi connectivity index (χ1) is 5.75. The van der Waals surface area contributed by atoms with Gasteiger partial charge < -0.3 is 9.47 Å². The van der Waals surface area contributed by atoms with Crippen molar-refractivity contribution in [3.63, 3.8) is 0 Å². The quantitative estimate of drug-likeness (QED) is 0.588. The minimum absolute atomic E-state index is 0.684. The fourth-order valence-corrected chi connectivity index (χ4v) is 0.891. The summed E-state index contributed by atoms with van der Waals surface area (Å²) in [4.78, 5) is 1.95. The summed E-state index contributed by atoms with van der Waals surface area (Å²) in [5, 5.41) is 7.71. The molecule has 4 heteroatoms. The maximum atomic E-state index is 3.94. The third-order valence-electron chi connectivity index (χ3n) is 1.52. The highest BCUT2D eigenvalue weighted by molar-refractivity contribution is 5.30. The molecule has 0 aliphatic carbocycles. The van der Waals surface area contributed by atoms with Crippen molar-refractivity contribution in [3.05, 3.63) is 6.33 Å². The standard InChI is InChI=1S/C8H12N4/c1-4-5-6-11(2)8-10-9-7-12(8)3/h7H,6H2,1-3H3. The Morgan fingerprint density at radius 2 is 2.42 bits per heavy atom. The topological polar surface area (TPSA) is 34.0 Å². The largest absolute Gasteiger partial charge is 0.333 e. The second kappa shape index (κ2) is 3.77. The number of hydrogen-bond acceptors (Lipinski definition) is 3. The second-order valence-corrected chi connectivity index (χ2v) is 2.52. The summed E-state index contributed by atoms with van der Waals surface area (Å²) in [6, 6.07) is 0. The van der Waals surface area contributed by atoms with Crippen molar-refractivity contribution in [1.29, 1.82) is 0 Å². The molecule has 1 rings (SSSR count). The molecular weight excluding hydrogens is 152 g/mol. The molecule has 0 fully saturated rings. The molecule has 0 bridgehead atoms. The van der Waals surface area contributed by atoms with E-state index in [1.807, 2.05) is 30.5 Å².